The van der Waals surface area contributed by atoms with Crippen LogP contribution in [0, 0.1) is 6.92 Å². The lowest BCUT2D eigenvalue weighted by molar-refractivity contribution is -0.119. The van der Waals surface area contributed by atoms with E-state index in [9.17, 15) is 9.59 Å². The summed E-state index contributed by atoms with van der Waals surface area (Å²) in [7, 11) is 3.25. The molecule has 0 aromatic heterocycles. The summed E-state index contributed by atoms with van der Waals surface area (Å²) in [5, 5.41) is 6.17. The van der Waals surface area contributed by atoms with Crippen molar-refractivity contribution in [3.63, 3.8) is 0 Å². The second-order valence-electron chi connectivity index (χ2n) is 5.98. The first-order chi connectivity index (χ1) is 12.4. The van der Waals surface area contributed by atoms with Crippen molar-refractivity contribution in [1.29, 1.82) is 0 Å². The first-order valence-electron chi connectivity index (χ1n) is 8.06. The van der Waals surface area contributed by atoms with Gasteiger partial charge in [-0.1, -0.05) is 17.7 Å². The van der Waals surface area contributed by atoms with Crippen LogP contribution in [0.2, 0.25) is 5.02 Å². The van der Waals surface area contributed by atoms with E-state index in [4.69, 9.17) is 16.3 Å². The monoisotopic (exact) mass is 375 g/mol. The second-order valence-corrected chi connectivity index (χ2v) is 6.42. The zero-order chi connectivity index (χ0) is 19.1. The molecule has 0 atom stereocenters. The highest BCUT2D eigenvalue weighted by Crippen LogP contribution is 2.25. The van der Waals surface area contributed by atoms with Crippen LogP contribution in [0.25, 0.3) is 0 Å². The molecular formula is C19H22ClN3O3. The van der Waals surface area contributed by atoms with Gasteiger partial charge in [0, 0.05) is 10.7 Å². The Labute approximate surface area is 158 Å². The molecule has 0 radical (unpaired) electrons. The van der Waals surface area contributed by atoms with Gasteiger partial charge in [0.2, 0.25) is 11.8 Å². The van der Waals surface area contributed by atoms with Gasteiger partial charge in [-0.3, -0.25) is 14.5 Å². The summed E-state index contributed by atoms with van der Waals surface area (Å²) in [6, 6.07) is 12.4. The number of nitrogens with one attached hydrogen (secondary N) is 2. The lowest BCUT2D eigenvalue weighted by Gasteiger charge is -2.17. The predicted molar refractivity (Wildman–Crippen MR) is 104 cm³/mol. The standard InChI is InChI=1S/C19H22ClN3O3/c1-13-4-9-17(26-3)16(10-13)22-19(25)12-23(2)11-18(24)21-15-7-5-14(20)6-8-15/h4-10H,11-12H2,1-3H3,(H,21,24)(H,22,25). The Balaban J connectivity index is 1.86. The van der Waals surface area contributed by atoms with Gasteiger partial charge >= 0.3 is 0 Å². The van der Waals surface area contributed by atoms with Gasteiger partial charge in [0.15, 0.2) is 0 Å². The predicted octanol–water partition coefficient (Wildman–Crippen LogP) is 3.17. The smallest absolute Gasteiger partial charge is 0.238 e. The maximum atomic E-state index is 12.2. The average Bonchev–Trinajstić information content (AvgIpc) is 2.56. The van der Waals surface area contributed by atoms with Crippen LogP contribution in [0.5, 0.6) is 5.75 Å². The van der Waals surface area contributed by atoms with Crippen LogP contribution >= 0.6 is 11.6 Å². The zero-order valence-electron chi connectivity index (χ0n) is 15.0. The third-order valence-corrected chi connectivity index (χ3v) is 3.84. The fourth-order valence-corrected chi connectivity index (χ4v) is 2.52. The molecule has 2 aromatic carbocycles. The highest BCUT2D eigenvalue weighted by molar-refractivity contribution is 6.30. The Bertz CT molecular complexity index is 778. The van der Waals surface area contributed by atoms with E-state index >= 15 is 0 Å². The number of anilines is 2. The van der Waals surface area contributed by atoms with E-state index < -0.39 is 0 Å². The number of nitrogens with zero attached hydrogens (tertiary/aromatic N) is 1. The van der Waals surface area contributed by atoms with Crippen LogP contribution in [0.3, 0.4) is 0 Å². The normalized spacial score (nSPS) is 10.5. The maximum Gasteiger partial charge on any atom is 0.238 e. The molecule has 2 aromatic rings. The van der Waals surface area contributed by atoms with Crippen molar-refractivity contribution in [2.75, 3.05) is 37.9 Å². The van der Waals surface area contributed by atoms with Crippen LogP contribution in [-0.2, 0) is 9.59 Å². The molecule has 0 saturated carbocycles. The summed E-state index contributed by atoms with van der Waals surface area (Å²) in [6.45, 7) is 2.09. The number of likely N-dealkylation sites (N-methyl/N-ethyl adjacent to an activating group) is 1. The molecule has 0 fully saturated rings. The molecule has 0 saturated heterocycles. The van der Waals surface area contributed by atoms with E-state index in [0.29, 0.717) is 22.1 Å². The molecule has 7 heteroatoms. The van der Waals surface area contributed by atoms with E-state index in [1.165, 1.54) is 0 Å². The summed E-state index contributed by atoms with van der Waals surface area (Å²) in [5.41, 5.74) is 2.27. The molecule has 6 nitrogen and oxygen atoms in total. The number of carbonyl (C=O) groups is 2. The molecule has 2 N–H and O–H groups in total. The van der Waals surface area contributed by atoms with Crippen LogP contribution in [0.1, 0.15) is 5.56 Å². The molecule has 0 aliphatic rings. The van der Waals surface area contributed by atoms with E-state index in [1.807, 2.05) is 19.1 Å². The van der Waals surface area contributed by atoms with Crippen LogP contribution < -0.4 is 15.4 Å². The van der Waals surface area contributed by atoms with Gasteiger partial charge in [0.05, 0.1) is 25.9 Å². The molecule has 2 amide bonds. The summed E-state index contributed by atoms with van der Waals surface area (Å²) in [4.78, 5) is 25.9. The Morgan fingerprint density at radius 2 is 1.65 bits per heavy atom. The average molecular weight is 376 g/mol. The van der Waals surface area contributed by atoms with Gasteiger partial charge < -0.3 is 15.4 Å². The molecule has 0 aliphatic heterocycles. The topological polar surface area (TPSA) is 70.7 Å². The molecule has 0 aliphatic carbocycles. The fraction of sp³-hybridized carbons (Fsp3) is 0.263. The Morgan fingerprint density at radius 1 is 1.04 bits per heavy atom. The van der Waals surface area contributed by atoms with Gasteiger partial charge in [-0.2, -0.15) is 0 Å². The van der Waals surface area contributed by atoms with E-state index in [2.05, 4.69) is 10.6 Å². The third-order valence-electron chi connectivity index (χ3n) is 3.58. The van der Waals surface area contributed by atoms with Gasteiger partial charge in [0.25, 0.3) is 0 Å². The minimum atomic E-state index is -0.226. The SMILES string of the molecule is COc1ccc(C)cc1NC(=O)CN(C)CC(=O)Nc1ccc(Cl)cc1. The van der Waals surface area contributed by atoms with Crippen molar-refractivity contribution in [3.8, 4) is 5.75 Å². The Kier molecular flexibility index (Phi) is 7.00. The lowest BCUT2D eigenvalue weighted by Crippen LogP contribution is -2.36. The third kappa shape index (κ3) is 6.06. The summed E-state index contributed by atoms with van der Waals surface area (Å²) in [6.07, 6.45) is 0. The van der Waals surface area contributed by atoms with Gasteiger partial charge in [-0.15, -0.1) is 0 Å². The quantitative estimate of drug-likeness (QED) is 0.779. The number of hydrogen-bond acceptors (Lipinski definition) is 4. The number of methoxy groups -OCH3 is 1. The summed E-state index contributed by atoms with van der Waals surface area (Å²) < 4.78 is 5.24. The summed E-state index contributed by atoms with van der Waals surface area (Å²) >= 11 is 5.81. The number of benzene rings is 2. The molecule has 138 valence electrons. The Hall–Kier alpha value is -2.57. The number of ether oxygens (including phenoxy) is 1. The van der Waals surface area contributed by atoms with Crippen LogP contribution in [0.15, 0.2) is 42.5 Å². The zero-order valence-corrected chi connectivity index (χ0v) is 15.8. The number of amides is 2. The second kappa shape index (κ2) is 9.22. The van der Waals surface area contributed by atoms with Crippen molar-refractivity contribution in [1.82, 2.24) is 4.90 Å². The number of carbonyl (C=O) groups excluding carboxylic acids is 2. The first kappa shape index (κ1) is 19.8. The largest absolute Gasteiger partial charge is 0.495 e. The lowest BCUT2D eigenvalue weighted by atomic mass is 10.2. The highest BCUT2D eigenvalue weighted by Gasteiger charge is 2.13. The number of hydrogen-bond donors (Lipinski definition) is 2. The van der Waals surface area contributed by atoms with Crippen LogP contribution in [-0.4, -0.2) is 44.0 Å². The minimum absolute atomic E-state index is 0.0745. The molecule has 26 heavy (non-hydrogen) atoms. The fourth-order valence-electron chi connectivity index (χ4n) is 2.39. The first-order valence-corrected chi connectivity index (χ1v) is 8.43. The number of aryl methyl sites for hydroxylation is 1. The molecule has 0 spiro atoms. The van der Waals surface area contributed by atoms with E-state index in [-0.39, 0.29) is 24.9 Å². The van der Waals surface area contributed by atoms with Crippen LogP contribution in [0.4, 0.5) is 11.4 Å². The number of rotatable bonds is 7. The molecule has 0 heterocycles. The molecule has 2 rings (SSSR count). The van der Waals surface area contributed by atoms with Crippen molar-refractivity contribution in [2.24, 2.45) is 0 Å². The minimum Gasteiger partial charge on any atom is -0.495 e. The molecule has 0 unspecified atom stereocenters. The summed E-state index contributed by atoms with van der Waals surface area (Å²) in [5.74, 6) is 0.151. The molecule has 0 bridgehead atoms. The van der Waals surface area contributed by atoms with Gasteiger partial charge in [0.1, 0.15) is 5.75 Å². The van der Waals surface area contributed by atoms with Gasteiger partial charge in [-0.25, -0.2) is 0 Å². The maximum absolute atomic E-state index is 12.2. The van der Waals surface area contributed by atoms with Crippen molar-refractivity contribution < 1.29 is 14.3 Å². The van der Waals surface area contributed by atoms with Crippen molar-refractivity contribution in [3.05, 3.63) is 53.1 Å². The van der Waals surface area contributed by atoms with E-state index in [0.717, 1.165) is 5.56 Å². The van der Waals surface area contributed by atoms with Crippen molar-refractivity contribution >= 4 is 34.8 Å². The van der Waals surface area contributed by atoms with Gasteiger partial charge in [-0.05, 0) is 55.9 Å². The van der Waals surface area contributed by atoms with E-state index in [1.54, 1.807) is 49.4 Å². The van der Waals surface area contributed by atoms with Crippen molar-refractivity contribution in [2.45, 2.75) is 6.92 Å². The molecular weight excluding hydrogens is 354 g/mol. The number of halogens is 1. The Morgan fingerprint density at radius 3 is 2.27 bits per heavy atom. The highest BCUT2D eigenvalue weighted by atomic mass is 35.5.